The molecule has 1 radical (unpaired) electrons. The molecule has 0 aliphatic heterocycles. The molecule has 0 bridgehead atoms. The predicted octanol–water partition coefficient (Wildman–Crippen LogP) is 12.7. The molecule has 0 heterocycles. The molecule has 0 nitrogen and oxygen atoms in total. The highest BCUT2D eigenvalue weighted by atomic mass is 35.6. The molecule has 0 amide bonds. The minimum absolute atomic E-state index is 0.920. The van der Waals surface area contributed by atoms with Crippen molar-refractivity contribution in [3.63, 3.8) is 0 Å². The van der Waals surface area contributed by atoms with Gasteiger partial charge in [-0.25, -0.2) is 0 Å². The van der Waals surface area contributed by atoms with Crippen molar-refractivity contribution < 1.29 is 0 Å². The maximum atomic E-state index is 6.25. The van der Waals surface area contributed by atoms with Crippen LogP contribution in [0.25, 0.3) is 0 Å². The van der Waals surface area contributed by atoms with Gasteiger partial charge < -0.3 is 0 Å². The zero-order valence-electron chi connectivity index (χ0n) is 12.9. The van der Waals surface area contributed by atoms with Crippen LogP contribution in [0.4, 0.5) is 0 Å². The van der Waals surface area contributed by atoms with E-state index in [2.05, 4.69) is 0 Å². The first-order valence-electron chi connectivity index (χ1n) is 6.22. The summed E-state index contributed by atoms with van der Waals surface area (Å²) in [5.74, 6) is 0. The second-order valence-corrected chi connectivity index (χ2v) is 19.6. The van der Waals surface area contributed by atoms with Crippen molar-refractivity contribution in [2.75, 3.05) is 0 Å². The molecule has 0 aromatic carbocycles. The van der Waals surface area contributed by atoms with E-state index >= 15 is 0 Å². The van der Waals surface area contributed by atoms with Crippen LogP contribution >= 0.6 is 244 Å². The van der Waals surface area contributed by atoms with Crippen LogP contribution in [0.2, 0.25) is 0 Å². The van der Waals surface area contributed by atoms with Crippen LogP contribution in [0.3, 0.4) is 0 Å². The third-order valence-electron chi connectivity index (χ3n) is 3.25. The lowest BCUT2D eigenvalue weighted by atomic mass is 10.0. The second kappa shape index (κ2) is 11.2. The van der Waals surface area contributed by atoms with Crippen molar-refractivity contribution in [3.05, 3.63) is 5.38 Å². The molecular formula is C10Cl21. The molecule has 187 valence electrons. The SMILES string of the molecule is Cl[C](C(Cl)(Cl)Cl)C(Cl)(Cl)C(Cl)(Cl)C(Cl)(Cl)C(Cl)(Cl)C(Cl)(Cl)C(Cl)(Cl)C(Cl)(Cl)C(Cl)(Cl)Cl. The van der Waals surface area contributed by atoms with E-state index in [1.807, 2.05) is 0 Å². The molecule has 0 spiro atoms. The van der Waals surface area contributed by atoms with Crippen molar-refractivity contribution in [2.45, 2.75) is 37.9 Å². The Morgan fingerprint density at radius 2 is 0.548 bits per heavy atom. The smallest absolute Gasteiger partial charge is 0.109 e. The van der Waals surface area contributed by atoms with Gasteiger partial charge in [0.15, 0.2) is 31.4 Å². The average molecular weight is 865 g/mol. The molecule has 0 rings (SSSR count). The fourth-order valence-corrected chi connectivity index (χ4v) is 7.71. The first-order valence-corrected chi connectivity index (χ1v) is 14.2. The van der Waals surface area contributed by atoms with Gasteiger partial charge in [-0.05, 0) is 0 Å². The average Bonchev–Trinajstić information content (AvgIpc) is 2.50. The maximum Gasteiger partial charge on any atom is 0.226 e. The molecule has 0 aliphatic rings. The molecule has 0 aromatic rings. The Bertz CT molecular complexity index is 646. The van der Waals surface area contributed by atoms with Crippen molar-refractivity contribution >= 4 is 244 Å². The molecule has 0 aromatic heterocycles. The van der Waals surface area contributed by atoms with Crippen LogP contribution < -0.4 is 0 Å². The van der Waals surface area contributed by atoms with Gasteiger partial charge in [0.05, 0.1) is 0 Å². The van der Waals surface area contributed by atoms with Gasteiger partial charge in [0.25, 0.3) is 0 Å². The van der Waals surface area contributed by atoms with Gasteiger partial charge in [0.1, 0.15) is 0 Å². The van der Waals surface area contributed by atoms with E-state index in [1.54, 1.807) is 0 Å². The van der Waals surface area contributed by atoms with E-state index in [1.165, 1.54) is 0 Å². The Morgan fingerprint density at radius 3 is 0.774 bits per heavy atom. The number of rotatable bonds is 7. The molecule has 0 fully saturated rings. The van der Waals surface area contributed by atoms with Gasteiger partial charge in [-0.2, -0.15) is 0 Å². The topological polar surface area (TPSA) is 0 Å². The lowest BCUT2D eigenvalue weighted by Crippen LogP contribution is -2.70. The quantitative estimate of drug-likeness (QED) is 0.224. The number of alkyl halides is 20. The number of hydrogen-bond donors (Lipinski definition) is 0. The highest BCUT2D eigenvalue weighted by Crippen LogP contribution is 2.73. The van der Waals surface area contributed by atoms with Crippen LogP contribution in [-0.2, 0) is 0 Å². The summed E-state index contributed by atoms with van der Waals surface area (Å²) in [5.41, 5.74) is 0. The highest BCUT2D eigenvalue weighted by Gasteiger charge is 2.82. The molecule has 0 saturated carbocycles. The Morgan fingerprint density at radius 1 is 0.323 bits per heavy atom. The van der Waals surface area contributed by atoms with Gasteiger partial charge in [-0.15, -0.1) is 11.6 Å². The lowest BCUT2D eigenvalue weighted by molar-refractivity contribution is 0.458. The van der Waals surface area contributed by atoms with E-state index in [0.717, 1.165) is 0 Å². The minimum atomic E-state index is -3.13. The van der Waals surface area contributed by atoms with Gasteiger partial charge in [0, 0.05) is 0 Å². The first kappa shape index (κ1) is 37.1. The highest BCUT2D eigenvalue weighted by molar-refractivity contribution is 6.83. The Hall–Kier alpha value is 6.09. The monoisotopic (exact) mass is 854 g/mol. The standard InChI is InChI=1S/C10Cl21/c11-1(3(14,15)16)2(12,13)4(17,18)5(19,20)6(21,22)7(23,24)8(25,26)9(27,28)10(29,30)31. The maximum absolute atomic E-state index is 6.25. The van der Waals surface area contributed by atoms with Gasteiger partial charge in [-0.1, -0.05) is 232 Å². The molecular weight excluding hydrogens is 865 g/mol. The fraction of sp³-hybridized carbons (Fsp3) is 0.900. The zero-order valence-corrected chi connectivity index (χ0v) is 28.8. The minimum Gasteiger partial charge on any atom is -0.109 e. The molecule has 31 heavy (non-hydrogen) atoms. The normalized spacial score (nSPS) is 16.8. The van der Waals surface area contributed by atoms with Crippen molar-refractivity contribution in [1.82, 2.24) is 0 Å². The summed E-state index contributed by atoms with van der Waals surface area (Å²) in [5, 5.41) is -0.920. The van der Waals surface area contributed by atoms with Crippen molar-refractivity contribution in [2.24, 2.45) is 0 Å². The summed E-state index contributed by atoms with van der Waals surface area (Å²) in [6.07, 6.45) is 0. The number of halogens is 21. The van der Waals surface area contributed by atoms with Gasteiger partial charge in [0.2, 0.25) is 11.9 Å². The Labute approximate surface area is 282 Å². The van der Waals surface area contributed by atoms with Crippen LogP contribution in [0.1, 0.15) is 0 Å². The van der Waals surface area contributed by atoms with E-state index in [4.69, 9.17) is 244 Å². The summed E-state index contributed by atoms with van der Waals surface area (Å²) in [6.45, 7) is 0. The van der Waals surface area contributed by atoms with Gasteiger partial charge >= 0.3 is 0 Å². The third-order valence-corrected chi connectivity index (χ3v) is 16.4. The zero-order chi connectivity index (χ0) is 26.1. The summed E-state index contributed by atoms with van der Waals surface area (Å²) < 4.78 is -26.2. The van der Waals surface area contributed by atoms with Gasteiger partial charge in [-0.3, -0.25) is 0 Å². The molecule has 0 aliphatic carbocycles. The Kier molecular flexibility index (Phi) is 13.4. The van der Waals surface area contributed by atoms with E-state index in [9.17, 15) is 0 Å². The van der Waals surface area contributed by atoms with Crippen LogP contribution in [-0.4, -0.2) is 37.9 Å². The summed E-state index contributed by atoms with van der Waals surface area (Å²) in [4.78, 5) is 0. The van der Waals surface area contributed by atoms with Crippen LogP contribution in [0, 0.1) is 5.38 Å². The van der Waals surface area contributed by atoms with Crippen molar-refractivity contribution in [3.8, 4) is 0 Å². The largest absolute Gasteiger partial charge is 0.226 e. The number of hydrogen-bond acceptors (Lipinski definition) is 0. The molecule has 0 atom stereocenters. The summed E-state index contributed by atoms with van der Waals surface area (Å²) in [6, 6.07) is 0. The molecule has 0 saturated heterocycles. The predicted molar refractivity (Wildman–Crippen MR) is 151 cm³/mol. The van der Waals surface area contributed by atoms with E-state index < -0.39 is 43.3 Å². The lowest BCUT2D eigenvalue weighted by Gasteiger charge is -2.54. The van der Waals surface area contributed by atoms with E-state index in [-0.39, 0.29) is 0 Å². The Balaban J connectivity index is 6.84. The summed E-state index contributed by atoms with van der Waals surface area (Å²) >= 11 is 126. The second-order valence-electron chi connectivity index (χ2n) is 5.33. The van der Waals surface area contributed by atoms with Crippen LogP contribution in [0.15, 0.2) is 0 Å². The van der Waals surface area contributed by atoms with Crippen molar-refractivity contribution in [1.29, 1.82) is 0 Å². The van der Waals surface area contributed by atoms with Crippen LogP contribution in [0.5, 0.6) is 0 Å². The first-order chi connectivity index (χ1) is 12.9. The molecule has 0 unspecified atom stereocenters. The third kappa shape index (κ3) is 6.38. The molecule has 0 N–H and O–H groups in total. The van der Waals surface area contributed by atoms with E-state index in [0.29, 0.717) is 0 Å². The summed E-state index contributed by atoms with van der Waals surface area (Å²) in [7, 11) is 0. The molecule has 21 heteroatoms. The fourth-order valence-electron chi connectivity index (χ4n) is 1.48.